The maximum atomic E-state index is 11.8. The van der Waals surface area contributed by atoms with Crippen molar-refractivity contribution in [1.29, 1.82) is 5.26 Å². The van der Waals surface area contributed by atoms with Crippen molar-refractivity contribution in [3.63, 3.8) is 0 Å². The van der Waals surface area contributed by atoms with Gasteiger partial charge in [-0.05, 0) is 25.5 Å². The molecule has 0 saturated carbocycles. The lowest BCUT2D eigenvalue weighted by Gasteiger charge is -2.14. The Morgan fingerprint density at radius 3 is 2.89 bits per heavy atom. The van der Waals surface area contributed by atoms with Crippen LogP contribution in [0.5, 0.6) is 0 Å². The Morgan fingerprint density at radius 2 is 2.17 bits per heavy atom. The molecule has 4 heteroatoms. The van der Waals surface area contributed by atoms with E-state index in [4.69, 9.17) is 5.26 Å². The molecule has 2 rings (SSSR count). The first kappa shape index (κ1) is 12.2. The molecule has 2 N–H and O–H groups in total. The van der Waals surface area contributed by atoms with Crippen LogP contribution in [-0.4, -0.2) is 10.9 Å². The van der Waals surface area contributed by atoms with Gasteiger partial charge in [-0.3, -0.25) is 4.79 Å². The summed E-state index contributed by atoms with van der Waals surface area (Å²) in [7, 11) is 0. The van der Waals surface area contributed by atoms with E-state index in [9.17, 15) is 4.79 Å². The summed E-state index contributed by atoms with van der Waals surface area (Å²) in [5, 5.41) is 12.8. The fraction of sp³-hybridized carbons (Fsp3) is 0.286. The number of aromatic amines is 1. The molecule has 4 nitrogen and oxygen atoms in total. The molecule has 0 aliphatic carbocycles. The number of aromatic nitrogens is 1. The highest BCUT2D eigenvalue weighted by atomic mass is 16.2. The number of nitriles is 1. The minimum absolute atomic E-state index is 0.254. The minimum atomic E-state index is -0.994. The third kappa shape index (κ3) is 2.21. The van der Waals surface area contributed by atoms with Gasteiger partial charge in [-0.15, -0.1) is 0 Å². The van der Waals surface area contributed by atoms with Crippen molar-refractivity contribution >= 4 is 16.8 Å². The van der Waals surface area contributed by atoms with Gasteiger partial charge >= 0.3 is 0 Å². The zero-order valence-electron chi connectivity index (χ0n) is 10.4. The Hall–Kier alpha value is -2.28. The van der Waals surface area contributed by atoms with Crippen molar-refractivity contribution in [3.05, 3.63) is 36.0 Å². The van der Waals surface area contributed by atoms with Crippen LogP contribution >= 0.6 is 0 Å². The lowest BCUT2D eigenvalue weighted by Crippen LogP contribution is -2.35. The van der Waals surface area contributed by atoms with Crippen LogP contribution in [-0.2, 0) is 11.3 Å². The summed E-state index contributed by atoms with van der Waals surface area (Å²) in [4.78, 5) is 14.9. The number of carbonyl (C=O) groups excluding carboxylic acids is 1. The zero-order chi connectivity index (χ0) is 13.2. The van der Waals surface area contributed by atoms with E-state index in [-0.39, 0.29) is 5.91 Å². The van der Waals surface area contributed by atoms with Crippen molar-refractivity contribution in [3.8, 4) is 6.07 Å². The molecule has 0 aliphatic rings. The van der Waals surface area contributed by atoms with E-state index < -0.39 is 5.41 Å². The monoisotopic (exact) mass is 241 g/mol. The number of fused-ring (bicyclic) bond motifs is 1. The predicted molar refractivity (Wildman–Crippen MR) is 69.5 cm³/mol. The standard InChI is InChI=1S/C14H15N3O/c1-14(2,9-15)13(18)17-8-10-7-16-12-6-4-3-5-11(10)12/h3-7,16H,8H2,1-2H3,(H,17,18). The predicted octanol–water partition coefficient (Wildman–Crippen LogP) is 2.33. The molecule has 1 amide bonds. The summed E-state index contributed by atoms with van der Waals surface area (Å²) < 4.78 is 0. The van der Waals surface area contributed by atoms with Crippen molar-refractivity contribution in [2.75, 3.05) is 0 Å². The number of H-pyrrole nitrogens is 1. The van der Waals surface area contributed by atoms with Crippen LogP contribution in [0.25, 0.3) is 10.9 Å². The van der Waals surface area contributed by atoms with Gasteiger partial charge in [0.1, 0.15) is 5.41 Å². The Kier molecular flexibility index (Phi) is 3.07. The summed E-state index contributed by atoms with van der Waals surface area (Å²) in [5.74, 6) is -0.254. The van der Waals surface area contributed by atoms with E-state index in [1.807, 2.05) is 36.5 Å². The van der Waals surface area contributed by atoms with E-state index in [1.165, 1.54) is 0 Å². The molecule has 1 aromatic carbocycles. The second-order valence-electron chi connectivity index (χ2n) is 4.78. The van der Waals surface area contributed by atoms with Crippen molar-refractivity contribution < 1.29 is 4.79 Å². The molecular formula is C14H15N3O. The molecule has 2 aromatic rings. The summed E-state index contributed by atoms with van der Waals surface area (Å²) in [5.41, 5.74) is 1.07. The van der Waals surface area contributed by atoms with Gasteiger partial charge in [-0.25, -0.2) is 0 Å². The fourth-order valence-corrected chi connectivity index (χ4v) is 1.73. The normalized spacial score (nSPS) is 11.2. The number of amides is 1. The number of para-hydroxylation sites is 1. The van der Waals surface area contributed by atoms with Gasteiger partial charge in [-0.2, -0.15) is 5.26 Å². The van der Waals surface area contributed by atoms with Gasteiger partial charge in [-0.1, -0.05) is 18.2 Å². The van der Waals surface area contributed by atoms with Gasteiger partial charge in [0.15, 0.2) is 0 Å². The van der Waals surface area contributed by atoms with Crippen LogP contribution in [0, 0.1) is 16.7 Å². The smallest absolute Gasteiger partial charge is 0.240 e. The van der Waals surface area contributed by atoms with Crippen molar-refractivity contribution in [1.82, 2.24) is 10.3 Å². The molecule has 0 radical (unpaired) electrons. The number of nitrogens with zero attached hydrogens (tertiary/aromatic N) is 1. The van der Waals surface area contributed by atoms with E-state index >= 15 is 0 Å². The maximum absolute atomic E-state index is 11.8. The van der Waals surface area contributed by atoms with Crippen LogP contribution in [0.3, 0.4) is 0 Å². The van der Waals surface area contributed by atoms with E-state index in [0.717, 1.165) is 16.5 Å². The molecule has 0 bridgehead atoms. The highest BCUT2D eigenvalue weighted by Crippen LogP contribution is 2.18. The highest BCUT2D eigenvalue weighted by Gasteiger charge is 2.26. The zero-order valence-corrected chi connectivity index (χ0v) is 10.4. The number of benzene rings is 1. The van der Waals surface area contributed by atoms with Crippen molar-refractivity contribution in [2.24, 2.45) is 5.41 Å². The Labute approximate surface area is 106 Å². The highest BCUT2D eigenvalue weighted by molar-refractivity contribution is 5.86. The van der Waals surface area contributed by atoms with Gasteiger partial charge in [0.05, 0.1) is 6.07 Å². The summed E-state index contributed by atoms with van der Waals surface area (Å²) >= 11 is 0. The average Bonchev–Trinajstić information content (AvgIpc) is 2.79. The van der Waals surface area contributed by atoms with Gasteiger partial charge < -0.3 is 10.3 Å². The molecule has 0 fully saturated rings. The SMILES string of the molecule is CC(C)(C#N)C(=O)NCc1c[nH]c2ccccc12. The first-order chi connectivity index (χ1) is 8.54. The first-order valence-corrected chi connectivity index (χ1v) is 5.79. The molecule has 1 aromatic heterocycles. The van der Waals surface area contributed by atoms with E-state index in [1.54, 1.807) is 13.8 Å². The van der Waals surface area contributed by atoms with Gasteiger partial charge in [0.25, 0.3) is 0 Å². The second kappa shape index (κ2) is 4.53. The third-order valence-electron chi connectivity index (χ3n) is 2.96. The summed E-state index contributed by atoms with van der Waals surface area (Å²) in [6.07, 6.45) is 1.88. The molecule has 0 aliphatic heterocycles. The number of hydrogen-bond acceptors (Lipinski definition) is 2. The minimum Gasteiger partial charge on any atom is -0.361 e. The van der Waals surface area contributed by atoms with Gasteiger partial charge in [0.2, 0.25) is 5.91 Å². The number of rotatable bonds is 3. The Balaban J connectivity index is 2.12. The average molecular weight is 241 g/mol. The van der Waals surface area contributed by atoms with Crippen LogP contribution in [0.1, 0.15) is 19.4 Å². The lowest BCUT2D eigenvalue weighted by molar-refractivity contribution is -0.126. The topological polar surface area (TPSA) is 68.7 Å². The lowest BCUT2D eigenvalue weighted by atomic mass is 9.95. The number of carbonyl (C=O) groups is 1. The number of nitrogens with one attached hydrogen (secondary N) is 2. The molecule has 92 valence electrons. The molecular weight excluding hydrogens is 226 g/mol. The summed E-state index contributed by atoms with van der Waals surface area (Å²) in [6, 6.07) is 9.89. The molecule has 0 unspecified atom stereocenters. The molecule has 0 spiro atoms. The summed E-state index contributed by atoms with van der Waals surface area (Å²) in [6.45, 7) is 3.64. The quantitative estimate of drug-likeness (QED) is 0.866. The van der Waals surface area contributed by atoms with Crippen LogP contribution in [0.15, 0.2) is 30.5 Å². The fourth-order valence-electron chi connectivity index (χ4n) is 1.73. The van der Waals surface area contributed by atoms with E-state index in [0.29, 0.717) is 6.54 Å². The molecule has 1 heterocycles. The first-order valence-electron chi connectivity index (χ1n) is 5.79. The maximum Gasteiger partial charge on any atom is 0.240 e. The number of hydrogen-bond donors (Lipinski definition) is 2. The third-order valence-corrected chi connectivity index (χ3v) is 2.96. The Bertz CT molecular complexity index is 619. The van der Waals surface area contributed by atoms with Crippen LogP contribution in [0.2, 0.25) is 0 Å². The largest absolute Gasteiger partial charge is 0.361 e. The van der Waals surface area contributed by atoms with E-state index in [2.05, 4.69) is 10.3 Å². The second-order valence-corrected chi connectivity index (χ2v) is 4.78. The Morgan fingerprint density at radius 1 is 1.44 bits per heavy atom. The molecule has 0 atom stereocenters. The van der Waals surface area contributed by atoms with Crippen molar-refractivity contribution in [2.45, 2.75) is 20.4 Å². The molecule has 18 heavy (non-hydrogen) atoms. The van der Waals surface area contributed by atoms with Crippen LogP contribution < -0.4 is 5.32 Å². The molecule has 0 saturated heterocycles. The van der Waals surface area contributed by atoms with Gasteiger partial charge in [0, 0.05) is 23.6 Å². The van der Waals surface area contributed by atoms with Crippen LogP contribution in [0.4, 0.5) is 0 Å².